The highest BCUT2D eigenvalue weighted by Crippen LogP contribution is 2.30. The highest BCUT2D eigenvalue weighted by atomic mass is 32.1. The Bertz CT molecular complexity index is 839. The van der Waals surface area contributed by atoms with E-state index in [1.54, 1.807) is 11.3 Å². The third-order valence-corrected chi connectivity index (χ3v) is 5.90. The Balaban J connectivity index is 1.58. The summed E-state index contributed by atoms with van der Waals surface area (Å²) < 4.78 is 2.42. The lowest BCUT2D eigenvalue weighted by atomic mass is 10.0. The standard InChI is InChI=1S/C19H23N5S/c1-14-10-21-19(16-5-7-20-8-6-16)24(14)17-4-3-9-23(11-17)12-18-15(2)22-13-25-18/h5-8,10,13,17H,3-4,9,11-12H2,1-2H3. The number of imidazole rings is 1. The minimum atomic E-state index is 0.465. The van der Waals surface area contributed by atoms with E-state index >= 15 is 0 Å². The molecule has 130 valence electrons. The summed E-state index contributed by atoms with van der Waals surface area (Å²) in [5.41, 5.74) is 5.49. The average molecular weight is 353 g/mol. The van der Waals surface area contributed by atoms with Crippen molar-refractivity contribution in [3.8, 4) is 11.4 Å². The molecule has 1 aliphatic rings. The predicted molar refractivity (Wildman–Crippen MR) is 101 cm³/mol. The van der Waals surface area contributed by atoms with Crippen LogP contribution >= 0.6 is 11.3 Å². The molecule has 0 radical (unpaired) electrons. The lowest BCUT2D eigenvalue weighted by Crippen LogP contribution is -2.36. The summed E-state index contributed by atoms with van der Waals surface area (Å²) in [6, 6.07) is 4.55. The summed E-state index contributed by atoms with van der Waals surface area (Å²) >= 11 is 1.77. The second-order valence-electron chi connectivity index (χ2n) is 6.72. The molecule has 1 unspecified atom stereocenters. The SMILES string of the molecule is Cc1ncsc1CN1CCCC(n2c(C)cnc2-c2ccncc2)C1. The average Bonchev–Trinajstić information content (AvgIpc) is 3.22. The minimum absolute atomic E-state index is 0.465. The van der Waals surface area contributed by atoms with Crippen LogP contribution in [-0.2, 0) is 6.54 Å². The number of aromatic nitrogens is 4. The Morgan fingerprint density at radius 2 is 2.04 bits per heavy atom. The summed E-state index contributed by atoms with van der Waals surface area (Å²) in [6.45, 7) is 7.49. The fraction of sp³-hybridized carbons (Fsp3) is 0.421. The molecule has 0 amide bonds. The van der Waals surface area contributed by atoms with E-state index in [2.05, 4.69) is 38.3 Å². The van der Waals surface area contributed by atoms with E-state index in [9.17, 15) is 0 Å². The van der Waals surface area contributed by atoms with Gasteiger partial charge in [0.05, 0.1) is 11.2 Å². The first-order chi connectivity index (χ1) is 12.2. The zero-order valence-corrected chi connectivity index (χ0v) is 15.5. The van der Waals surface area contributed by atoms with Crippen LogP contribution in [0.25, 0.3) is 11.4 Å². The van der Waals surface area contributed by atoms with Crippen LogP contribution in [0.2, 0.25) is 0 Å². The van der Waals surface area contributed by atoms with Gasteiger partial charge in [-0.3, -0.25) is 9.88 Å². The normalized spacial score (nSPS) is 18.6. The van der Waals surface area contributed by atoms with Crippen LogP contribution in [0.5, 0.6) is 0 Å². The first kappa shape index (κ1) is 16.4. The van der Waals surface area contributed by atoms with Gasteiger partial charge in [-0.05, 0) is 45.4 Å². The van der Waals surface area contributed by atoms with Gasteiger partial charge >= 0.3 is 0 Å². The third kappa shape index (κ3) is 3.37. The van der Waals surface area contributed by atoms with Crippen molar-refractivity contribution in [3.05, 3.63) is 52.5 Å². The van der Waals surface area contributed by atoms with Gasteiger partial charge in [0, 0.05) is 53.9 Å². The maximum absolute atomic E-state index is 4.68. The molecule has 6 heteroatoms. The summed E-state index contributed by atoms with van der Waals surface area (Å²) in [5, 5.41) is 0. The largest absolute Gasteiger partial charge is 0.324 e. The van der Waals surface area contributed by atoms with Gasteiger partial charge in [-0.25, -0.2) is 9.97 Å². The monoisotopic (exact) mass is 353 g/mol. The number of aryl methyl sites for hydroxylation is 2. The fourth-order valence-corrected chi connectivity index (χ4v) is 4.51. The number of hydrogen-bond acceptors (Lipinski definition) is 5. The molecule has 0 bridgehead atoms. The number of rotatable bonds is 4. The van der Waals surface area contributed by atoms with Gasteiger partial charge in [-0.1, -0.05) is 0 Å². The van der Waals surface area contributed by atoms with Crippen LogP contribution < -0.4 is 0 Å². The molecular formula is C19H23N5S. The lowest BCUT2D eigenvalue weighted by molar-refractivity contribution is 0.171. The molecule has 25 heavy (non-hydrogen) atoms. The molecule has 3 aromatic rings. The summed E-state index contributed by atoms with van der Waals surface area (Å²) in [5.74, 6) is 1.06. The Morgan fingerprint density at radius 1 is 1.20 bits per heavy atom. The molecule has 3 aromatic heterocycles. The predicted octanol–water partition coefficient (Wildman–Crippen LogP) is 3.86. The van der Waals surface area contributed by atoms with Gasteiger partial charge < -0.3 is 4.57 Å². The fourth-order valence-electron chi connectivity index (χ4n) is 3.69. The highest BCUT2D eigenvalue weighted by molar-refractivity contribution is 7.09. The van der Waals surface area contributed by atoms with E-state index in [1.165, 1.54) is 29.1 Å². The van der Waals surface area contributed by atoms with Gasteiger partial charge in [0.15, 0.2) is 0 Å². The van der Waals surface area contributed by atoms with E-state index in [-0.39, 0.29) is 0 Å². The molecule has 0 aliphatic carbocycles. The molecule has 0 aromatic carbocycles. The van der Waals surface area contributed by atoms with Crippen LogP contribution in [-0.4, -0.2) is 37.5 Å². The van der Waals surface area contributed by atoms with Crippen molar-refractivity contribution in [3.63, 3.8) is 0 Å². The second kappa shape index (κ2) is 7.06. The molecule has 1 fully saturated rings. The van der Waals surface area contributed by atoms with Crippen molar-refractivity contribution in [1.29, 1.82) is 0 Å². The zero-order chi connectivity index (χ0) is 17.2. The Labute approximate surface area is 152 Å². The van der Waals surface area contributed by atoms with Crippen LogP contribution in [0.15, 0.2) is 36.2 Å². The lowest BCUT2D eigenvalue weighted by Gasteiger charge is -2.34. The molecule has 1 saturated heterocycles. The molecule has 1 atom stereocenters. The van der Waals surface area contributed by atoms with Crippen LogP contribution in [0.3, 0.4) is 0 Å². The minimum Gasteiger partial charge on any atom is -0.324 e. The molecule has 1 aliphatic heterocycles. The topological polar surface area (TPSA) is 46.8 Å². The molecule has 0 spiro atoms. The van der Waals surface area contributed by atoms with Crippen molar-refractivity contribution in [2.45, 2.75) is 39.3 Å². The number of nitrogens with zero attached hydrogens (tertiary/aromatic N) is 5. The molecule has 5 nitrogen and oxygen atoms in total. The second-order valence-corrected chi connectivity index (χ2v) is 7.66. The van der Waals surface area contributed by atoms with Crippen molar-refractivity contribution < 1.29 is 0 Å². The smallest absolute Gasteiger partial charge is 0.140 e. The zero-order valence-electron chi connectivity index (χ0n) is 14.7. The van der Waals surface area contributed by atoms with Crippen molar-refractivity contribution >= 4 is 11.3 Å². The molecular weight excluding hydrogens is 330 g/mol. The van der Waals surface area contributed by atoms with E-state index < -0.39 is 0 Å². The van der Waals surface area contributed by atoms with Crippen LogP contribution in [0.4, 0.5) is 0 Å². The van der Waals surface area contributed by atoms with Gasteiger partial charge in [-0.2, -0.15) is 0 Å². The summed E-state index contributed by atoms with van der Waals surface area (Å²) in [7, 11) is 0. The number of thiazole rings is 1. The van der Waals surface area contributed by atoms with Crippen molar-refractivity contribution in [2.75, 3.05) is 13.1 Å². The number of likely N-dealkylation sites (tertiary alicyclic amines) is 1. The first-order valence-corrected chi connectivity index (χ1v) is 9.66. The highest BCUT2D eigenvalue weighted by Gasteiger charge is 2.25. The Kier molecular flexibility index (Phi) is 4.63. The molecule has 0 saturated carbocycles. The van der Waals surface area contributed by atoms with E-state index in [0.29, 0.717) is 6.04 Å². The molecule has 4 heterocycles. The van der Waals surface area contributed by atoms with Gasteiger partial charge in [0.2, 0.25) is 0 Å². The van der Waals surface area contributed by atoms with E-state index in [1.807, 2.05) is 36.2 Å². The first-order valence-electron chi connectivity index (χ1n) is 8.78. The van der Waals surface area contributed by atoms with E-state index in [4.69, 9.17) is 0 Å². The van der Waals surface area contributed by atoms with Crippen molar-refractivity contribution in [1.82, 2.24) is 24.4 Å². The van der Waals surface area contributed by atoms with Gasteiger partial charge in [0.25, 0.3) is 0 Å². The van der Waals surface area contributed by atoms with Crippen LogP contribution in [0.1, 0.15) is 35.1 Å². The quantitative estimate of drug-likeness (QED) is 0.715. The summed E-state index contributed by atoms with van der Waals surface area (Å²) in [6.07, 6.45) is 8.08. The van der Waals surface area contributed by atoms with Crippen molar-refractivity contribution in [2.24, 2.45) is 0 Å². The third-order valence-electron chi connectivity index (χ3n) is 4.98. The van der Waals surface area contributed by atoms with E-state index in [0.717, 1.165) is 31.0 Å². The number of hydrogen-bond donors (Lipinski definition) is 0. The maximum atomic E-state index is 4.68. The Morgan fingerprint density at radius 3 is 2.80 bits per heavy atom. The number of piperidine rings is 1. The van der Waals surface area contributed by atoms with Gasteiger partial charge in [-0.15, -0.1) is 11.3 Å². The number of pyridine rings is 1. The molecule has 4 rings (SSSR count). The molecule has 0 N–H and O–H groups in total. The van der Waals surface area contributed by atoms with Gasteiger partial charge in [0.1, 0.15) is 5.82 Å². The maximum Gasteiger partial charge on any atom is 0.140 e. The Hall–Kier alpha value is -2.05. The summed E-state index contributed by atoms with van der Waals surface area (Å²) in [4.78, 5) is 17.2. The van der Waals surface area contributed by atoms with Crippen LogP contribution in [0, 0.1) is 13.8 Å².